The molecule has 2 rings (SSSR count). The molecule has 2 heteroatoms. The van der Waals surface area contributed by atoms with Gasteiger partial charge in [0.1, 0.15) is 0 Å². The summed E-state index contributed by atoms with van der Waals surface area (Å²) in [5, 5.41) is 0. The standard InChI is InChI=1S/C9H15NO/c11-7-10-5-8-2-1-3-9(4-8)6-10/h7-9H,1-6H2. The zero-order valence-corrected chi connectivity index (χ0v) is 6.83. The molecule has 2 nitrogen and oxygen atoms in total. The Kier molecular flexibility index (Phi) is 1.84. The highest BCUT2D eigenvalue weighted by molar-refractivity contribution is 5.47. The minimum Gasteiger partial charge on any atom is -0.345 e. The predicted octanol–water partition coefficient (Wildman–Crippen LogP) is 1.26. The van der Waals surface area contributed by atoms with Crippen LogP contribution in [-0.2, 0) is 4.79 Å². The first-order valence-electron chi connectivity index (χ1n) is 4.58. The molecule has 0 spiro atoms. The second-order valence-corrected chi connectivity index (χ2v) is 3.96. The smallest absolute Gasteiger partial charge is 0.209 e. The lowest BCUT2D eigenvalue weighted by molar-refractivity contribution is -0.121. The third-order valence-electron chi connectivity index (χ3n) is 3.03. The molecule has 1 saturated heterocycles. The number of fused-ring (bicyclic) bond motifs is 2. The largest absolute Gasteiger partial charge is 0.345 e. The molecule has 2 bridgehead atoms. The molecular formula is C9H15NO. The van der Waals surface area contributed by atoms with E-state index in [9.17, 15) is 4.79 Å². The minimum absolute atomic E-state index is 0.827. The zero-order valence-electron chi connectivity index (χ0n) is 6.83. The normalized spacial score (nSPS) is 36.9. The van der Waals surface area contributed by atoms with Crippen molar-refractivity contribution in [1.82, 2.24) is 4.90 Å². The van der Waals surface area contributed by atoms with Gasteiger partial charge in [-0.1, -0.05) is 6.42 Å². The molecule has 1 amide bonds. The van der Waals surface area contributed by atoms with Gasteiger partial charge in [0.05, 0.1) is 0 Å². The molecule has 0 radical (unpaired) electrons. The zero-order chi connectivity index (χ0) is 7.68. The molecule has 11 heavy (non-hydrogen) atoms. The highest BCUT2D eigenvalue weighted by atomic mass is 16.1. The first-order chi connectivity index (χ1) is 5.38. The highest BCUT2D eigenvalue weighted by Gasteiger charge is 2.29. The van der Waals surface area contributed by atoms with Crippen LogP contribution in [0.15, 0.2) is 0 Å². The summed E-state index contributed by atoms with van der Waals surface area (Å²) >= 11 is 0. The van der Waals surface area contributed by atoms with Crippen LogP contribution in [0.2, 0.25) is 0 Å². The van der Waals surface area contributed by atoms with E-state index >= 15 is 0 Å². The van der Waals surface area contributed by atoms with Gasteiger partial charge in [-0.25, -0.2) is 0 Å². The number of likely N-dealkylation sites (tertiary alicyclic amines) is 1. The van der Waals surface area contributed by atoms with Crippen LogP contribution in [0.1, 0.15) is 25.7 Å². The van der Waals surface area contributed by atoms with Gasteiger partial charge >= 0.3 is 0 Å². The summed E-state index contributed by atoms with van der Waals surface area (Å²) in [7, 11) is 0. The van der Waals surface area contributed by atoms with Gasteiger partial charge < -0.3 is 4.90 Å². The number of nitrogens with zero attached hydrogens (tertiary/aromatic N) is 1. The average Bonchev–Trinajstić information content (AvgIpc) is 2.03. The van der Waals surface area contributed by atoms with E-state index in [0.717, 1.165) is 31.3 Å². The summed E-state index contributed by atoms with van der Waals surface area (Å²) in [6.07, 6.45) is 6.48. The maximum Gasteiger partial charge on any atom is 0.209 e. The SMILES string of the molecule is O=CN1CC2CCCC(C2)C1. The molecule has 1 aliphatic carbocycles. The van der Waals surface area contributed by atoms with E-state index in [1.54, 1.807) is 0 Å². The van der Waals surface area contributed by atoms with Crippen LogP contribution < -0.4 is 0 Å². The maximum absolute atomic E-state index is 10.5. The number of hydrogen-bond acceptors (Lipinski definition) is 1. The molecule has 2 atom stereocenters. The van der Waals surface area contributed by atoms with Gasteiger partial charge in [0.2, 0.25) is 6.41 Å². The fourth-order valence-electron chi connectivity index (χ4n) is 2.56. The van der Waals surface area contributed by atoms with Crippen molar-refractivity contribution in [3.63, 3.8) is 0 Å². The fraction of sp³-hybridized carbons (Fsp3) is 0.889. The Morgan fingerprint density at radius 1 is 1.18 bits per heavy atom. The number of piperidine rings is 1. The second kappa shape index (κ2) is 2.84. The van der Waals surface area contributed by atoms with Crippen LogP contribution in [0.4, 0.5) is 0 Å². The van der Waals surface area contributed by atoms with Crippen molar-refractivity contribution in [3.05, 3.63) is 0 Å². The van der Waals surface area contributed by atoms with Gasteiger partial charge in [-0.05, 0) is 31.1 Å². The minimum atomic E-state index is 0.827. The summed E-state index contributed by atoms with van der Waals surface area (Å²) in [6.45, 7) is 2.06. The molecule has 1 saturated carbocycles. The van der Waals surface area contributed by atoms with Crippen molar-refractivity contribution < 1.29 is 4.79 Å². The van der Waals surface area contributed by atoms with Crippen LogP contribution in [-0.4, -0.2) is 24.4 Å². The van der Waals surface area contributed by atoms with Crippen molar-refractivity contribution in [3.8, 4) is 0 Å². The van der Waals surface area contributed by atoms with Crippen molar-refractivity contribution in [2.75, 3.05) is 13.1 Å². The van der Waals surface area contributed by atoms with E-state index in [2.05, 4.69) is 0 Å². The molecule has 62 valence electrons. The molecule has 2 fully saturated rings. The van der Waals surface area contributed by atoms with Crippen molar-refractivity contribution in [2.24, 2.45) is 11.8 Å². The first-order valence-corrected chi connectivity index (χ1v) is 4.58. The lowest BCUT2D eigenvalue weighted by Gasteiger charge is -2.39. The lowest BCUT2D eigenvalue weighted by Crippen LogP contribution is -2.41. The van der Waals surface area contributed by atoms with Crippen LogP contribution in [0, 0.1) is 11.8 Å². The van der Waals surface area contributed by atoms with Crippen molar-refractivity contribution in [1.29, 1.82) is 0 Å². The Morgan fingerprint density at radius 3 is 2.36 bits per heavy atom. The fourth-order valence-corrected chi connectivity index (χ4v) is 2.56. The van der Waals surface area contributed by atoms with E-state index in [1.165, 1.54) is 25.7 Å². The lowest BCUT2D eigenvalue weighted by atomic mass is 9.78. The number of carbonyl (C=O) groups is 1. The van der Waals surface area contributed by atoms with Crippen LogP contribution in [0.3, 0.4) is 0 Å². The second-order valence-electron chi connectivity index (χ2n) is 3.96. The van der Waals surface area contributed by atoms with E-state index in [-0.39, 0.29) is 0 Å². The van der Waals surface area contributed by atoms with E-state index in [1.807, 2.05) is 4.90 Å². The molecule has 2 unspecified atom stereocenters. The molecule has 2 aliphatic rings. The average molecular weight is 153 g/mol. The predicted molar refractivity (Wildman–Crippen MR) is 43.1 cm³/mol. The third-order valence-corrected chi connectivity index (χ3v) is 3.03. The molecule has 0 aromatic carbocycles. The maximum atomic E-state index is 10.5. The third kappa shape index (κ3) is 1.39. The van der Waals surface area contributed by atoms with Crippen LogP contribution in [0.5, 0.6) is 0 Å². The molecule has 1 aliphatic heterocycles. The number of amides is 1. The van der Waals surface area contributed by atoms with Gasteiger partial charge in [-0.3, -0.25) is 4.79 Å². The molecule has 1 heterocycles. The molecular weight excluding hydrogens is 138 g/mol. The topological polar surface area (TPSA) is 20.3 Å². The summed E-state index contributed by atoms with van der Waals surface area (Å²) in [5.74, 6) is 1.65. The van der Waals surface area contributed by atoms with Crippen molar-refractivity contribution >= 4 is 6.41 Å². The Morgan fingerprint density at radius 2 is 1.82 bits per heavy atom. The van der Waals surface area contributed by atoms with Gasteiger partial charge in [-0.2, -0.15) is 0 Å². The van der Waals surface area contributed by atoms with Gasteiger partial charge in [0.15, 0.2) is 0 Å². The first kappa shape index (κ1) is 7.14. The Hall–Kier alpha value is -0.530. The number of rotatable bonds is 1. The number of hydrogen-bond donors (Lipinski definition) is 0. The highest BCUT2D eigenvalue weighted by Crippen LogP contribution is 2.33. The van der Waals surface area contributed by atoms with Gasteiger partial charge in [0, 0.05) is 13.1 Å². The van der Waals surface area contributed by atoms with Crippen molar-refractivity contribution in [2.45, 2.75) is 25.7 Å². The summed E-state index contributed by atoms with van der Waals surface area (Å²) in [5.41, 5.74) is 0. The Bertz CT molecular complexity index is 146. The van der Waals surface area contributed by atoms with E-state index < -0.39 is 0 Å². The summed E-state index contributed by atoms with van der Waals surface area (Å²) in [6, 6.07) is 0. The molecule has 0 aromatic heterocycles. The van der Waals surface area contributed by atoms with Gasteiger partial charge in [-0.15, -0.1) is 0 Å². The monoisotopic (exact) mass is 153 g/mol. The quantitative estimate of drug-likeness (QED) is 0.519. The van der Waals surface area contributed by atoms with E-state index in [4.69, 9.17) is 0 Å². The van der Waals surface area contributed by atoms with Gasteiger partial charge in [0.25, 0.3) is 0 Å². The molecule has 0 N–H and O–H groups in total. The number of carbonyl (C=O) groups excluding carboxylic acids is 1. The van der Waals surface area contributed by atoms with Crippen LogP contribution >= 0.6 is 0 Å². The van der Waals surface area contributed by atoms with Crippen LogP contribution in [0.25, 0.3) is 0 Å². The summed E-state index contributed by atoms with van der Waals surface area (Å²) in [4.78, 5) is 12.5. The summed E-state index contributed by atoms with van der Waals surface area (Å²) < 4.78 is 0. The van der Waals surface area contributed by atoms with E-state index in [0.29, 0.717) is 0 Å². The Balaban J connectivity index is 1.99. The molecule has 0 aromatic rings. The Labute approximate surface area is 67.6 Å².